The summed E-state index contributed by atoms with van der Waals surface area (Å²) in [5, 5.41) is 2.95. The number of carbonyl (C=O) groups is 1. The Morgan fingerprint density at radius 2 is 2.22 bits per heavy atom. The van der Waals surface area contributed by atoms with Crippen LogP contribution in [0.1, 0.15) is 15.9 Å². The molecule has 1 heterocycles. The van der Waals surface area contributed by atoms with E-state index in [-0.39, 0.29) is 5.91 Å². The molecule has 1 N–H and O–H groups in total. The average Bonchev–Trinajstić information content (AvgIpc) is 2.95. The van der Waals surface area contributed by atoms with Crippen LogP contribution in [0.15, 0.2) is 59.5 Å². The quantitative estimate of drug-likeness (QED) is 0.517. The third kappa shape index (κ3) is 3.81. The Hall–Kier alpha value is -2.11. The number of benzene rings is 2. The lowest BCUT2D eigenvalue weighted by Gasteiger charge is -2.05. The zero-order chi connectivity index (χ0) is 16.2. The van der Waals surface area contributed by atoms with Gasteiger partial charge in [-0.25, -0.2) is 4.98 Å². The van der Waals surface area contributed by atoms with Crippen molar-refractivity contribution in [3.63, 3.8) is 0 Å². The molecule has 0 saturated carbocycles. The van der Waals surface area contributed by atoms with Crippen LogP contribution in [0.5, 0.6) is 0 Å². The SMILES string of the molecule is C=CCSc1nc2ccc(NC(=O)c3cccc(C)c3)cc2s1. The highest BCUT2D eigenvalue weighted by atomic mass is 32.2. The van der Waals surface area contributed by atoms with Gasteiger partial charge in [-0.2, -0.15) is 0 Å². The van der Waals surface area contributed by atoms with Crippen molar-refractivity contribution in [3.8, 4) is 0 Å². The van der Waals surface area contributed by atoms with Crippen LogP contribution in [-0.4, -0.2) is 16.6 Å². The van der Waals surface area contributed by atoms with Gasteiger partial charge in [0.05, 0.1) is 10.2 Å². The Balaban J connectivity index is 1.80. The van der Waals surface area contributed by atoms with Crippen LogP contribution in [0.2, 0.25) is 0 Å². The summed E-state index contributed by atoms with van der Waals surface area (Å²) < 4.78 is 2.08. The third-order valence-electron chi connectivity index (χ3n) is 3.23. The number of hydrogen-bond donors (Lipinski definition) is 1. The van der Waals surface area contributed by atoms with Crippen LogP contribution >= 0.6 is 23.1 Å². The maximum absolute atomic E-state index is 12.3. The van der Waals surface area contributed by atoms with Crippen LogP contribution in [0.3, 0.4) is 0 Å². The van der Waals surface area contributed by atoms with Crippen molar-refractivity contribution in [2.45, 2.75) is 11.3 Å². The second kappa shape index (κ2) is 6.98. The van der Waals surface area contributed by atoms with E-state index in [2.05, 4.69) is 16.9 Å². The lowest BCUT2D eigenvalue weighted by molar-refractivity contribution is 0.102. The molecule has 0 fully saturated rings. The van der Waals surface area contributed by atoms with E-state index in [1.807, 2.05) is 55.5 Å². The van der Waals surface area contributed by atoms with E-state index in [1.165, 1.54) is 0 Å². The fourth-order valence-corrected chi connectivity index (χ4v) is 4.03. The number of thioether (sulfide) groups is 1. The number of aryl methyl sites for hydroxylation is 1. The lowest BCUT2D eigenvalue weighted by Crippen LogP contribution is -2.11. The molecule has 0 bridgehead atoms. The first-order valence-corrected chi connectivity index (χ1v) is 8.98. The Bertz CT molecular complexity index is 870. The van der Waals surface area contributed by atoms with Crippen LogP contribution in [0, 0.1) is 6.92 Å². The predicted molar refractivity (Wildman–Crippen MR) is 99.7 cm³/mol. The molecule has 0 aliphatic heterocycles. The number of nitrogens with one attached hydrogen (secondary N) is 1. The third-order valence-corrected chi connectivity index (χ3v) is 5.39. The van der Waals surface area contributed by atoms with Crippen molar-refractivity contribution < 1.29 is 4.79 Å². The van der Waals surface area contributed by atoms with Gasteiger partial charge < -0.3 is 5.32 Å². The van der Waals surface area contributed by atoms with E-state index in [4.69, 9.17) is 0 Å². The van der Waals surface area contributed by atoms with Crippen molar-refractivity contribution in [3.05, 3.63) is 66.2 Å². The number of amides is 1. The first-order valence-electron chi connectivity index (χ1n) is 7.18. The molecule has 0 spiro atoms. The van der Waals surface area contributed by atoms with E-state index in [1.54, 1.807) is 23.1 Å². The van der Waals surface area contributed by atoms with E-state index in [9.17, 15) is 4.79 Å². The molecule has 0 radical (unpaired) electrons. The average molecular weight is 340 g/mol. The highest BCUT2D eigenvalue weighted by Gasteiger charge is 2.09. The molecule has 1 amide bonds. The maximum atomic E-state index is 12.3. The summed E-state index contributed by atoms with van der Waals surface area (Å²) >= 11 is 3.30. The molecular weight excluding hydrogens is 324 g/mol. The maximum Gasteiger partial charge on any atom is 0.255 e. The fourth-order valence-electron chi connectivity index (χ4n) is 2.16. The van der Waals surface area contributed by atoms with Gasteiger partial charge in [0.25, 0.3) is 5.91 Å². The number of nitrogens with zero attached hydrogens (tertiary/aromatic N) is 1. The molecule has 1 aromatic heterocycles. The van der Waals surface area contributed by atoms with Gasteiger partial charge in [-0.15, -0.1) is 17.9 Å². The first kappa shape index (κ1) is 15.8. The minimum absolute atomic E-state index is 0.0983. The van der Waals surface area contributed by atoms with E-state index in [0.29, 0.717) is 5.56 Å². The molecule has 116 valence electrons. The first-order chi connectivity index (χ1) is 11.2. The molecule has 0 atom stereocenters. The number of hydrogen-bond acceptors (Lipinski definition) is 4. The van der Waals surface area contributed by atoms with Gasteiger partial charge in [-0.3, -0.25) is 4.79 Å². The molecule has 3 nitrogen and oxygen atoms in total. The van der Waals surface area contributed by atoms with Gasteiger partial charge in [-0.1, -0.05) is 35.5 Å². The van der Waals surface area contributed by atoms with E-state index < -0.39 is 0 Å². The number of rotatable bonds is 5. The van der Waals surface area contributed by atoms with Crippen molar-refractivity contribution in [2.24, 2.45) is 0 Å². The van der Waals surface area contributed by atoms with Crippen LogP contribution < -0.4 is 5.32 Å². The topological polar surface area (TPSA) is 42.0 Å². The summed E-state index contributed by atoms with van der Waals surface area (Å²) in [7, 11) is 0. The second-order valence-electron chi connectivity index (χ2n) is 5.09. The Morgan fingerprint density at radius 1 is 1.35 bits per heavy atom. The predicted octanol–water partition coefficient (Wildman–Crippen LogP) is 5.14. The van der Waals surface area contributed by atoms with Crippen molar-refractivity contribution >= 4 is 44.9 Å². The standard InChI is InChI=1S/C18H16N2OS2/c1-3-9-22-18-20-15-8-7-14(11-16(15)23-18)19-17(21)13-6-4-5-12(2)10-13/h3-8,10-11H,1,9H2,2H3,(H,19,21). The van der Waals surface area contributed by atoms with Crippen molar-refractivity contribution in [2.75, 3.05) is 11.1 Å². The lowest BCUT2D eigenvalue weighted by atomic mass is 10.1. The zero-order valence-electron chi connectivity index (χ0n) is 12.7. The second-order valence-corrected chi connectivity index (χ2v) is 7.38. The summed E-state index contributed by atoms with van der Waals surface area (Å²) in [6.07, 6.45) is 1.87. The number of aromatic nitrogens is 1. The smallest absolute Gasteiger partial charge is 0.255 e. The van der Waals surface area contributed by atoms with Gasteiger partial charge in [-0.05, 0) is 37.3 Å². The summed E-state index contributed by atoms with van der Waals surface area (Å²) in [4.78, 5) is 16.9. The Morgan fingerprint density at radius 3 is 3.00 bits per heavy atom. The molecule has 3 aromatic rings. The molecule has 0 aliphatic rings. The van der Waals surface area contributed by atoms with Crippen LogP contribution in [-0.2, 0) is 0 Å². The van der Waals surface area contributed by atoms with Crippen molar-refractivity contribution in [1.82, 2.24) is 4.98 Å². The van der Waals surface area contributed by atoms with Gasteiger partial charge in [0.2, 0.25) is 0 Å². The Labute approximate surface area is 143 Å². The number of fused-ring (bicyclic) bond motifs is 1. The highest BCUT2D eigenvalue weighted by molar-refractivity contribution is 8.01. The summed E-state index contributed by atoms with van der Waals surface area (Å²) in [6.45, 7) is 5.69. The normalized spacial score (nSPS) is 10.7. The Kier molecular flexibility index (Phi) is 4.79. The highest BCUT2D eigenvalue weighted by Crippen LogP contribution is 2.31. The number of thiazole rings is 1. The summed E-state index contributed by atoms with van der Waals surface area (Å²) in [5.74, 6) is 0.746. The summed E-state index contributed by atoms with van der Waals surface area (Å²) in [5.41, 5.74) is 3.47. The van der Waals surface area contributed by atoms with Crippen molar-refractivity contribution in [1.29, 1.82) is 0 Å². The molecule has 3 rings (SSSR count). The minimum Gasteiger partial charge on any atom is -0.322 e. The van der Waals surface area contributed by atoms with Gasteiger partial charge in [0, 0.05) is 17.0 Å². The van der Waals surface area contributed by atoms with E-state index in [0.717, 1.165) is 31.6 Å². The van der Waals surface area contributed by atoms with Gasteiger partial charge in [0.1, 0.15) is 0 Å². The minimum atomic E-state index is -0.0983. The fraction of sp³-hybridized carbons (Fsp3) is 0.111. The molecule has 0 aliphatic carbocycles. The molecule has 5 heteroatoms. The van der Waals surface area contributed by atoms with E-state index >= 15 is 0 Å². The largest absolute Gasteiger partial charge is 0.322 e. The van der Waals surface area contributed by atoms with Crippen LogP contribution in [0.4, 0.5) is 5.69 Å². The zero-order valence-corrected chi connectivity index (χ0v) is 14.3. The van der Waals surface area contributed by atoms with Gasteiger partial charge >= 0.3 is 0 Å². The molecule has 2 aromatic carbocycles. The van der Waals surface area contributed by atoms with Crippen LogP contribution in [0.25, 0.3) is 10.2 Å². The molecule has 0 saturated heterocycles. The molecular formula is C18H16N2OS2. The monoisotopic (exact) mass is 340 g/mol. The number of anilines is 1. The number of carbonyl (C=O) groups excluding carboxylic acids is 1. The molecule has 23 heavy (non-hydrogen) atoms. The summed E-state index contributed by atoms with van der Waals surface area (Å²) in [6, 6.07) is 13.4. The molecule has 0 unspecified atom stereocenters. The van der Waals surface area contributed by atoms with Gasteiger partial charge in [0.15, 0.2) is 4.34 Å².